The number of nitrogens with zero attached hydrogens (tertiary/aromatic N) is 3. The van der Waals surface area contributed by atoms with Gasteiger partial charge in [0.05, 0.1) is 22.1 Å². The first-order valence-corrected chi connectivity index (χ1v) is 13.9. The molecule has 0 radical (unpaired) electrons. The number of rotatable bonds is 12. The fraction of sp³-hybridized carbons (Fsp3) is 0.212. The topological polar surface area (TPSA) is 103 Å². The molecule has 0 saturated carbocycles. The average Bonchev–Trinajstić information content (AvgIpc) is 3.57. The van der Waals surface area contributed by atoms with E-state index in [9.17, 15) is 9.59 Å². The molecule has 0 unspecified atom stereocenters. The third-order valence-corrected chi connectivity index (χ3v) is 7.01. The number of fused-ring (bicyclic) bond motifs is 6. The highest BCUT2D eigenvalue weighted by Crippen LogP contribution is 2.30. The van der Waals surface area contributed by atoms with Gasteiger partial charge in [0.25, 0.3) is 0 Å². The molecule has 226 valence electrons. The van der Waals surface area contributed by atoms with Crippen LogP contribution < -0.4 is 0 Å². The van der Waals surface area contributed by atoms with Gasteiger partial charge in [-0.1, -0.05) is 72.8 Å². The highest BCUT2D eigenvalue weighted by molar-refractivity contribution is 6.13. The maximum Gasteiger partial charge on any atom is 0.421 e. The summed E-state index contributed by atoms with van der Waals surface area (Å²) in [5, 5.41) is 3.89. The second-order valence-electron chi connectivity index (χ2n) is 9.96. The Bertz CT molecular complexity index is 1670. The van der Waals surface area contributed by atoms with E-state index in [1.54, 1.807) is 11.9 Å². The lowest BCUT2D eigenvalue weighted by Crippen LogP contribution is -2.26. The van der Waals surface area contributed by atoms with Crippen LogP contribution in [0.2, 0.25) is 0 Å². The van der Waals surface area contributed by atoms with Crippen LogP contribution in [0.15, 0.2) is 97.1 Å². The van der Waals surface area contributed by atoms with Crippen LogP contribution in [0.3, 0.4) is 0 Å². The van der Waals surface area contributed by atoms with Gasteiger partial charge in [0.1, 0.15) is 13.5 Å². The van der Waals surface area contributed by atoms with Crippen LogP contribution in [0.4, 0.5) is 9.59 Å². The molecule has 6 rings (SSSR count). The first-order valence-electron chi connectivity index (χ1n) is 13.9. The van der Waals surface area contributed by atoms with E-state index in [-0.39, 0.29) is 40.6 Å². The Hall–Kier alpha value is -4.78. The van der Waals surface area contributed by atoms with Crippen molar-refractivity contribution in [1.29, 1.82) is 0 Å². The summed E-state index contributed by atoms with van der Waals surface area (Å²) < 4.78 is 35.2. The Kier molecular flexibility index (Phi) is 9.11. The molecule has 0 aliphatic heterocycles. The molecule has 0 atom stereocenters. The average molecular weight is 598 g/mol. The maximum absolute atomic E-state index is 12.8. The maximum atomic E-state index is 12.8. The van der Waals surface area contributed by atoms with Gasteiger partial charge in [0.15, 0.2) is 27.2 Å². The van der Waals surface area contributed by atoms with Crippen LogP contribution in [-0.2, 0) is 28.4 Å². The zero-order valence-electron chi connectivity index (χ0n) is 24.1. The van der Waals surface area contributed by atoms with Crippen molar-refractivity contribution in [3.63, 3.8) is 0 Å². The van der Waals surface area contributed by atoms with Crippen molar-refractivity contribution in [2.45, 2.75) is 0 Å². The van der Waals surface area contributed by atoms with E-state index in [1.807, 2.05) is 97.1 Å². The zero-order valence-corrected chi connectivity index (χ0v) is 24.1. The molecule has 44 heavy (non-hydrogen) atoms. The smallest absolute Gasteiger partial charge is 0.421 e. The molecular formula is C33H31N3O8. The number of carbonyl (C=O) groups excluding carboxylic acids is 2. The van der Waals surface area contributed by atoms with Gasteiger partial charge in [-0.05, 0) is 31.3 Å². The molecule has 0 aliphatic carbocycles. The molecule has 0 spiro atoms. The summed E-state index contributed by atoms with van der Waals surface area (Å²) in [6.07, 6.45) is -1.07. The second-order valence-corrected chi connectivity index (χ2v) is 9.96. The molecule has 2 heterocycles. The number of hydrogen-bond donors (Lipinski definition) is 0. The minimum Gasteiger partial charge on any atom is -0.422 e. The van der Waals surface area contributed by atoms with Crippen LogP contribution in [0.5, 0.6) is 0 Å². The van der Waals surface area contributed by atoms with Crippen LogP contribution in [0, 0.1) is 0 Å². The van der Waals surface area contributed by atoms with Crippen LogP contribution in [0.1, 0.15) is 0 Å². The third-order valence-electron chi connectivity index (χ3n) is 7.01. The monoisotopic (exact) mass is 597 g/mol. The molecule has 11 heteroatoms. The normalized spacial score (nSPS) is 11.7. The zero-order chi connectivity index (χ0) is 30.3. The van der Waals surface area contributed by atoms with Gasteiger partial charge in [-0.25, -0.2) is 18.7 Å². The van der Waals surface area contributed by atoms with Crippen LogP contribution in [-0.4, -0.2) is 73.9 Å². The van der Waals surface area contributed by atoms with Crippen molar-refractivity contribution in [2.75, 3.05) is 47.7 Å². The summed E-state index contributed by atoms with van der Waals surface area (Å²) in [5.41, 5.74) is 3.06. The Balaban J connectivity index is 0.859. The van der Waals surface area contributed by atoms with E-state index in [1.165, 1.54) is 9.13 Å². The van der Waals surface area contributed by atoms with Crippen molar-refractivity contribution in [3.05, 3.63) is 97.1 Å². The van der Waals surface area contributed by atoms with Gasteiger partial charge in [0.2, 0.25) is 0 Å². The molecule has 2 aromatic heterocycles. The molecule has 0 saturated heterocycles. The summed E-state index contributed by atoms with van der Waals surface area (Å²) >= 11 is 0. The van der Waals surface area contributed by atoms with E-state index >= 15 is 0 Å². The summed E-state index contributed by atoms with van der Waals surface area (Å²) in [6, 6.07) is 30.7. The Morgan fingerprint density at radius 1 is 0.500 bits per heavy atom. The predicted molar refractivity (Wildman–Crippen MR) is 164 cm³/mol. The molecule has 0 bridgehead atoms. The van der Waals surface area contributed by atoms with Crippen molar-refractivity contribution >= 4 is 55.8 Å². The van der Waals surface area contributed by atoms with Gasteiger partial charge >= 0.3 is 12.2 Å². The van der Waals surface area contributed by atoms with Gasteiger partial charge in [-0.15, -0.1) is 0 Å². The number of hydrogen-bond acceptors (Lipinski definition) is 9. The fourth-order valence-electron chi connectivity index (χ4n) is 5.16. The largest absolute Gasteiger partial charge is 0.422 e. The molecule has 0 fully saturated rings. The van der Waals surface area contributed by atoms with Crippen LogP contribution >= 0.6 is 0 Å². The summed E-state index contributed by atoms with van der Waals surface area (Å²) in [5.74, 6) is 0. The quantitative estimate of drug-likeness (QED) is 0.119. The van der Waals surface area contributed by atoms with E-state index in [2.05, 4.69) is 0 Å². The number of carbonyl (C=O) groups is 2. The number of benzene rings is 4. The molecule has 0 amide bonds. The number of ether oxygens (including phenoxy) is 6. The summed E-state index contributed by atoms with van der Waals surface area (Å²) in [7, 11) is 1.78. The van der Waals surface area contributed by atoms with Crippen LogP contribution in [0.25, 0.3) is 43.6 Å². The third kappa shape index (κ3) is 6.13. The molecule has 6 aromatic rings. The first kappa shape index (κ1) is 29.3. The van der Waals surface area contributed by atoms with Crippen molar-refractivity contribution in [2.24, 2.45) is 0 Å². The second kappa shape index (κ2) is 13.7. The van der Waals surface area contributed by atoms with Gasteiger partial charge in [-0.3, -0.25) is 4.90 Å². The van der Waals surface area contributed by atoms with Crippen molar-refractivity contribution in [1.82, 2.24) is 14.0 Å². The Morgan fingerprint density at radius 2 is 0.818 bits per heavy atom. The molecule has 0 aliphatic rings. The fourth-order valence-corrected chi connectivity index (χ4v) is 5.16. The number of para-hydroxylation sites is 4. The van der Waals surface area contributed by atoms with Gasteiger partial charge in [-0.2, -0.15) is 0 Å². The minimum absolute atomic E-state index is 0.0833. The van der Waals surface area contributed by atoms with Crippen molar-refractivity contribution in [3.8, 4) is 0 Å². The Labute approximate surface area is 252 Å². The lowest BCUT2D eigenvalue weighted by atomic mass is 10.2. The molecule has 11 nitrogen and oxygen atoms in total. The predicted octanol–water partition coefficient (Wildman–Crippen LogP) is 6.32. The number of aromatic nitrogens is 2. The highest BCUT2D eigenvalue weighted by Gasteiger charge is 2.17. The molecular weight excluding hydrogens is 566 g/mol. The van der Waals surface area contributed by atoms with E-state index in [0.29, 0.717) is 0 Å². The van der Waals surface area contributed by atoms with Gasteiger partial charge in [0, 0.05) is 21.5 Å². The van der Waals surface area contributed by atoms with E-state index in [4.69, 9.17) is 28.4 Å². The standard InChI is InChI=1S/C33H31N3O8/c1-34(18-39-20-41-22-43-32(37)35-28-14-6-2-10-24(28)25-11-3-7-15-29(25)35)19-40-21-42-23-44-33(38)36-30-16-8-4-12-26(30)27-13-5-9-17-31(27)36/h2-17H,18-23H2,1H3. The lowest BCUT2D eigenvalue weighted by Gasteiger charge is -2.17. The highest BCUT2D eigenvalue weighted by atomic mass is 16.8. The van der Waals surface area contributed by atoms with E-state index in [0.717, 1.165) is 43.6 Å². The summed E-state index contributed by atoms with van der Waals surface area (Å²) in [6.45, 7) is -0.296. The first-order chi connectivity index (χ1) is 21.6. The lowest BCUT2D eigenvalue weighted by molar-refractivity contribution is -0.159. The SMILES string of the molecule is CN(COCOCOC(=O)n1c2ccccc2c2ccccc21)COCOCOC(=O)n1c2ccccc2c2ccccc21. The van der Waals surface area contributed by atoms with Crippen molar-refractivity contribution < 1.29 is 38.0 Å². The molecule has 4 aromatic carbocycles. The van der Waals surface area contributed by atoms with Gasteiger partial charge < -0.3 is 28.4 Å². The summed E-state index contributed by atoms with van der Waals surface area (Å²) in [4.78, 5) is 27.4. The molecule has 0 N–H and O–H groups in total. The Morgan fingerprint density at radius 3 is 1.16 bits per heavy atom. The van der Waals surface area contributed by atoms with E-state index < -0.39 is 12.2 Å². The minimum atomic E-state index is -0.534.